The molecule has 0 bridgehead atoms. The van der Waals surface area contributed by atoms with Gasteiger partial charge >= 0.3 is 5.97 Å². The number of ether oxygens (including phenoxy) is 3. The molecule has 0 fully saturated rings. The van der Waals surface area contributed by atoms with Gasteiger partial charge in [0.25, 0.3) is 5.69 Å². The van der Waals surface area contributed by atoms with Crippen molar-refractivity contribution in [1.29, 1.82) is 0 Å². The van der Waals surface area contributed by atoms with E-state index in [0.29, 0.717) is 29.2 Å². The summed E-state index contributed by atoms with van der Waals surface area (Å²) in [5.74, 6) is 0.761. The van der Waals surface area contributed by atoms with Crippen LogP contribution in [0.5, 0.6) is 11.5 Å². The fraction of sp³-hybridized carbons (Fsp3) is 0.211. The summed E-state index contributed by atoms with van der Waals surface area (Å²) in [5.41, 5.74) is 1.81. The summed E-state index contributed by atoms with van der Waals surface area (Å²) in [5, 5.41) is 10.6. The van der Waals surface area contributed by atoms with E-state index in [1.165, 1.54) is 12.1 Å². The van der Waals surface area contributed by atoms with Crippen LogP contribution in [0.2, 0.25) is 0 Å². The first-order valence-electron chi connectivity index (χ1n) is 8.08. The summed E-state index contributed by atoms with van der Waals surface area (Å²) in [6.07, 6.45) is 1.72. The SMILES string of the molecule is CCOc1cccc2c1OCC(C(=O)OCc1ccc([N+](=O)[O-])cc1)=C2. The van der Waals surface area contributed by atoms with Crippen LogP contribution in [0.4, 0.5) is 5.69 Å². The van der Waals surface area contributed by atoms with Crippen LogP contribution in [0.3, 0.4) is 0 Å². The standard InChI is InChI=1S/C19H17NO6/c1-2-24-17-5-3-4-14-10-15(12-25-18(14)17)19(21)26-11-13-6-8-16(9-7-13)20(22)23/h3-10H,2,11-12H2,1H3. The molecule has 134 valence electrons. The van der Waals surface area contributed by atoms with Gasteiger partial charge < -0.3 is 14.2 Å². The Morgan fingerprint density at radius 2 is 2.00 bits per heavy atom. The van der Waals surface area contributed by atoms with Crippen molar-refractivity contribution in [3.63, 3.8) is 0 Å². The molecule has 0 N–H and O–H groups in total. The second-order valence-corrected chi connectivity index (χ2v) is 5.57. The van der Waals surface area contributed by atoms with E-state index < -0.39 is 10.9 Å². The molecule has 0 saturated heterocycles. The van der Waals surface area contributed by atoms with Crippen molar-refractivity contribution in [1.82, 2.24) is 0 Å². The van der Waals surface area contributed by atoms with Crippen LogP contribution in [-0.2, 0) is 16.1 Å². The Balaban J connectivity index is 1.67. The topological polar surface area (TPSA) is 87.9 Å². The molecule has 0 unspecified atom stereocenters. The number of rotatable bonds is 6. The van der Waals surface area contributed by atoms with E-state index in [4.69, 9.17) is 14.2 Å². The van der Waals surface area contributed by atoms with Gasteiger partial charge in [-0.15, -0.1) is 0 Å². The average molecular weight is 355 g/mol. The number of hydrogen-bond donors (Lipinski definition) is 0. The van der Waals surface area contributed by atoms with Crippen LogP contribution < -0.4 is 9.47 Å². The molecule has 7 heteroatoms. The Morgan fingerprint density at radius 1 is 1.23 bits per heavy atom. The largest absolute Gasteiger partial charge is 0.490 e. The van der Waals surface area contributed by atoms with Crippen molar-refractivity contribution < 1.29 is 23.9 Å². The molecule has 0 saturated carbocycles. The summed E-state index contributed by atoms with van der Waals surface area (Å²) >= 11 is 0. The molecule has 3 rings (SSSR count). The van der Waals surface area contributed by atoms with E-state index in [2.05, 4.69) is 0 Å². The predicted molar refractivity (Wildman–Crippen MR) is 94.0 cm³/mol. The minimum atomic E-state index is -0.490. The molecule has 0 radical (unpaired) electrons. The smallest absolute Gasteiger partial charge is 0.337 e. The molecule has 1 aliphatic heterocycles. The van der Waals surface area contributed by atoms with Crippen molar-refractivity contribution in [3.8, 4) is 11.5 Å². The molecule has 1 heterocycles. The third-order valence-electron chi connectivity index (χ3n) is 3.79. The number of benzene rings is 2. The average Bonchev–Trinajstić information content (AvgIpc) is 2.66. The molecule has 0 spiro atoms. The number of non-ortho nitro benzene ring substituents is 1. The van der Waals surface area contributed by atoms with Gasteiger partial charge in [0.2, 0.25) is 0 Å². The maximum Gasteiger partial charge on any atom is 0.337 e. The molecular weight excluding hydrogens is 338 g/mol. The lowest BCUT2D eigenvalue weighted by molar-refractivity contribution is -0.384. The second kappa shape index (κ2) is 7.69. The normalized spacial score (nSPS) is 12.4. The lowest BCUT2D eigenvalue weighted by atomic mass is 10.1. The van der Waals surface area contributed by atoms with E-state index in [0.717, 1.165) is 5.56 Å². The number of nitro benzene ring substituents is 1. The third-order valence-corrected chi connectivity index (χ3v) is 3.79. The highest BCUT2D eigenvalue weighted by molar-refractivity contribution is 5.95. The van der Waals surface area contributed by atoms with Gasteiger partial charge in [-0.3, -0.25) is 10.1 Å². The second-order valence-electron chi connectivity index (χ2n) is 5.57. The first kappa shape index (κ1) is 17.5. The zero-order chi connectivity index (χ0) is 18.5. The molecule has 0 aliphatic carbocycles. The maximum atomic E-state index is 12.3. The molecular formula is C19H17NO6. The summed E-state index contributed by atoms with van der Waals surface area (Å²) < 4.78 is 16.5. The van der Waals surface area contributed by atoms with Gasteiger partial charge in [-0.05, 0) is 36.8 Å². The molecule has 7 nitrogen and oxygen atoms in total. The Hall–Kier alpha value is -3.35. The number of esters is 1. The van der Waals surface area contributed by atoms with E-state index in [1.54, 1.807) is 18.2 Å². The van der Waals surface area contributed by atoms with Crippen LogP contribution in [-0.4, -0.2) is 24.1 Å². The van der Waals surface area contributed by atoms with Crippen molar-refractivity contribution in [2.24, 2.45) is 0 Å². The Morgan fingerprint density at radius 3 is 2.69 bits per heavy atom. The zero-order valence-electron chi connectivity index (χ0n) is 14.1. The maximum absolute atomic E-state index is 12.3. The van der Waals surface area contributed by atoms with E-state index in [-0.39, 0.29) is 18.9 Å². The molecule has 1 aliphatic rings. The molecule has 2 aromatic carbocycles. The van der Waals surface area contributed by atoms with Crippen molar-refractivity contribution >= 4 is 17.7 Å². The highest BCUT2D eigenvalue weighted by Crippen LogP contribution is 2.36. The van der Waals surface area contributed by atoms with Gasteiger partial charge in [-0.1, -0.05) is 12.1 Å². The lowest BCUT2D eigenvalue weighted by Gasteiger charge is -2.19. The summed E-state index contributed by atoms with van der Waals surface area (Å²) in [6.45, 7) is 2.53. The fourth-order valence-corrected chi connectivity index (χ4v) is 2.52. The number of nitrogens with zero attached hydrogens (tertiary/aromatic N) is 1. The number of carbonyl (C=O) groups is 1. The van der Waals surface area contributed by atoms with Gasteiger partial charge in [0.05, 0.1) is 17.1 Å². The number of nitro groups is 1. The van der Waals surface area contributed by atoms with Crippen molar-refractivity contribution in [3.05, 3.63) is 69.3 Å². The van der Waals surface area contributed by atoms with E-state index >= 15 is 0 Å². The quantitative estimate of drug-likeness (QED) is 0.448. The Kier molecular flexibility index (Phi) is 5.17. The molecule has 0 atom stereocenters. The van der Waals surface area contributed by atoms with Crippen molar-refractivity contribution in [2.75, 3.05) is 13.2 Å². The van der Waals surface area contributed by atoms with Crippen LogP contribution in [0.25, 0.3) is 6.08 Å². The molecule has 0 amide bonds. The van der Waals surface area contributed by atoms with Crippen LogP contribution in [0.1, 0.15) is 18.1 Å². The van der Waals surface area contributed by atoms with Gasteiger partial charge in [0.1, 0.15) is 13.2 Å². The lowest BCUT2D eigenvalue weighted by Crippen LogP contribution is -2.17. The molecule has 26 heavy (non-hydrogen) atoms. The first-order chi connectivity index (χ1) is 12.6. The third kappa shape index (κ3) is 3.83. The first-order valence-corrected chi connectivity index (χ1v) is 8.08. The summed E-state index contributed by atoms with van der Waals surface area (Å²) in [4.78, 5) is 22.4. The summed E-state index contributed by atoms with van der Waals surface area (Å²) in [7, 11) is 0. The van der Waals surface area contributed by atoms with Crippen molar-refractivity contribution in [2.45, 2.75) is 13.5 Å². The van der Waals surface area contributed by atoms with Gasteiger partial charge in [-0.25, -0.2) is 4.79 Å². The van der Waals surface area contributed by atoms with Gasteiger partial charge in [0.15, 0.2) is 11.5 Å². The Labute approximate surface area is 150 Å². The zero-order valence-corrected chi connectivity index (χ0v) is 14.1. The predicted octanol–water partition coefficient (Wildman–Crippen LogP) is 3.51. The number of hydrogen-bond acceptors (Lipinski definition) is 6. The van der Waals surface area contributed by atoms with Crippen LogP contribution in [0.15, 0.2) is 48.0 Å². The molecule has 2 aromatic rings. The van der Waals surface area contributed by atoms with Crippen LogP contribution in [0, 0.1) is 10.1 Å². The number of fused-ring (bicyclic) bond motifs is 1. The highest BCUT2D eigenvalue weighted by Gasteiger charge is 2.21. The molecule has 0 aromatic heterocycles. The number of carbonyl (C=O) groups excluding carboxylic acids is 1. The Bertz CT molecular complexity index is 857. The fourth-order valence-electron chi connectivity index (χ4n) is 2.52. The van der Waals surface area contributed by atoms with Gasteiger partial charge in [-0.2, -0.15) is 0 Å². The number of para-hydroxylation sites is 1. The van der Waals surface area contributed by atoms with Crippen LogP contribution >= 0.6 is 0 Å². The highest BCUT2D eigenvalue weighted by atomic mass is 16.6. The van der Waals surface area contributed by atoms with E-state index in [1.807, 2.05) is 25.1 Å². The summed E-state index contributed by atoms with van der Waals surface area (Å²) in [6, 6.07) is 11.3. The van der Waals surface area contributed by atoms with Gasteiger partial charge in [0, 0.05) is 17.7 Å². The minimum absolute atomic E-state index is 0.00910. The van der Waals surface area contributed by atoms with E-state index in [9.17, 15) is 14.9 Å². The monoisotopic (exact) mass is 355 g/mol. The minimum Gasteiger partial charge on any atom is -0.490 e.